The van der Waals surface area contributed by atoms with Crippen LogP contribution >= 0.6 is 0 Å². The number of thiol groups is 1. The number of hydrogen-bond donors (Lipinski definition) is 3. The first-order valence-electron chi connectivity index (χ1n) is 8.53. The number of hydrogen-bond acceptors (Lipinski definition) is 7. The average Bonchev–Trinajstić information content (AvgIpc) is 2.57. The van der Waals surface area contributed by atoms with Crippen LogP contribution in [-0.4, -0.2) is 49.1 Å². The van der Waals surface area contributed by atoms with Crippen molar-refractivity contribution >= 4 is 22.8 Å². The maximum Gasteiger partial charge on any atom is 0.407 e. The van der Waals surface area contributed by atoms with Crippen molar-refractivity contribution in [3.05, 3.63) is 35.9 Å². The number of carbonyl (C=O) groups is 2. The smallest absolute Gasteiger partial charge is 0.407 e. The highest BCUT2D eigenvalue weighted by atomic mass is 32.2. The first kappa shape index (κ1) is 22.9. The molecule has 2 unspecified atom stereocenters. The summed E-state index contributed by atoms with van der Waals surface area (Å²) in [5.41, 5.74) is -0.0470. The summed E-state index contributed by atoms with van der Waals surface area (Å²) in [6, 6.07) is 9.16. The Kier molecular flexibility index (Phi) is 9.23. The third kappa shape index (κ3) is 9.95. The summed E-state index contributed by atoms with van der Waals surface area (Å²) in [6.45, 7) is 4.36. The van der Waals surface area contributed by atoms with E-state index < -0.39 is 39.7 Å². The Morgan fingerprint density at radius 2 is 1.81 bits per heavy atom. The van der Waals surface area contributed by atoms with Crippen LogP contribution < -0.4 is 5.32 Å². The van der Waals surface area contributed by atoms with Crippen molar-refractivity contribution in [3.8, 4) is 0 Å². The van der Waals surface area contributed by atoms with Crippen LogP contribution in [0.15, 0.2) is 30.3 Å². The molecule has 2 N–H and O–H groups in total. The molecule has 0 aliphatic heterocycles. The van der Waals surface area contributed by atoms with E-state index in [2.05, 4.69) is 10.1 Å². The van der Waals surface area contributed by atoms with E-state index in [1.54, 1.807) is 13.8 Å². The standard InChI is InChI=1S/C18H27NO7S/c1-13(20)25-12-15(21)9-16(27(23)24)10-18(2,3)19-17(22)26-11-14-7-5-4-6-8-14/h4-8,15-16,21,27H,9-12H2,1-3H3,(H,19,22). The quantitative estimate of drug-likeness (QED) is 0.400. The van der Waals surface area contributed by atoms with Gasteiger partial charge >= 0.3 is 12.1 Å². The molecular formula is C18H27NO7S. The van der Waals surface area contributed by atoms with Crippen LogP contribution in [0.5, 0.6) is 0 Å². The molecule has 0 aromatic heterocycles. The lowest BCUT2D eigenvalue weighted by molar-refractivity contribution is -0.144. The number of ether oxygens (including phenoxy) is 2. The largest absolute Gasteiger partial charge is 0.463 e. The molecule has 0 aliphatic carbocycles. The summed E-state index contributed by atoms with van der Waals surface area (Å²) < 4.78 is 32.9. The molecule has 0 aliphatic rings. The first-order valence-corrected chi connectivity index (χ1v) is 9.77. The summed E-state index contributed by atoms with van der Waals surface area (Å²) in [4.78, 5) is 22.8. The number of esters is 1. The number of aliphatic hydroxyl groups is 1. The lowest BCUT2D eigenvalue weighted by atomic mass is 9.96. The summed E-state index contributed by atoms with van der Waals surface area (Å²) in [5.74, 6) is -0.555. The number of nitrogens with one attached hydrogen (secondary N) is 1. The minimum Gasteiger partial charge on any atom is -0.463 e. The van der Waals surface area contributed by atoms with Gasteiger partial charge in [-0.1, -0.05) is 30.3 Å². The molecule has 9 heteroatoms. The Bertz CT molecular complexity index is 680. The molecular weight excluding hydrogens is 374 g/mol. The summed E-state index contributed by atoms with van der Waals surface area (Å²) in [7, 11) is -2.85. The Morgan fingerprint density at radius 3 is 2.37 bits per heavy atom. The Hall–Kier alpha value is -2.13. The highest BCUT2D eigenvalue weighted by Gasteiger charge is 2.29. The van der Waals surface area contributed by atoms with Crippen LogP contribution in [0.25, 0.3) is 0 Å². The number of rotatable bonds is 10. The molecule has 0 heterocycles. The zero-order chi connectivity index (χ0) is 20.4. The number of carbonyl (C=O) groups excluding carboxylic acids is 2. The van der Waals surface area contributed by atoms with Crippen LogP contribution in [0.2, 0.25) is 0 Å². The first-order chi connectivity index (χ1) is 12.6. The molecule has 1 rings (SSSR count). The molecule has 0 bridgehead atoms. The van der Waals surface area contributed by atoms with Crippen LogP contribution in [0.4, 0.5) is 4.79 Å². The van der Waals surface area contributed by atoms with Gasteiger partial charge in [-0.2, -0.15) is 0 Å². The number of aliphatic hydroxyl groups excluding tert-OH is 1. The fourth-order valence-corrected chi connectivity index (χ4v) is 3.54. The second kappa shape index (κ2) is 10.9. The van der Waals surface area contributed by atoms with Crippen molar-refractivity contribution < 1.29 is 32.6 Å². The second-order valence-electron chi connectivity index (χ2n) is 6.91. The van der Waals surface area contributed by atoms with E-state index >= 15 is 0 Å². The number of benzene rings is 1. The van der Waals surface area contributed by atoms with E-state index in [0.717, 1.165) is 5.56 Å². The molecule has 1 aromatic carbocycles. The second-order valence-corrected chi connectivity index (χ2v) is 8.21. The van der Waals surface area contributed by atoms with Gasteiger partial charge in [0.15, 0.2) is 0 Å². The van der Waals surface area contributed by atoms with Gasteiger partial charge in [-0.25, -0.2) is 13.2 Å². The van der Waals surface area contributed by atoms with Crippen molar-refractivity contribution in [1.29, 1.82) is 0 Å². The van der Waals surface area contributed by atoms with Crippen LogP contribution in [0.3, 0.4) is 0 Å². The van der Waals surface area contributed by atoms with Gasteiger partial charge in [0.05, 0.1) is 11.4 Å². The van der Waals surface area contributed by atoms with E-state index in [-0.39, 0.29) is 26.1 Å². The van der Waals surface area contributed by atoms with Crippen molar-refractivity contribution in [2.75, 3.05) is 6.61 Å². The molecule has 8 nitrogen and oxygen atoms in total. The number of alkyl carbamates (subject to hydrolysis) is 1. The van der Waals surface area contributed by atoms with Gasteiger partial charge < -0.3 is 19.9 Å². The van der Waals surface area contributed by atoms with E-state index in [9.17, 15) is 23.1 Å². The monoisotopic (exact) mass is 401 g/mol. The van der Waals surface area contributed by atoms with E-state index in [1.807, 2.05) is 30.3 Å². The average molecular weight is 401 g/mol. The van der Waals surface area contributed by atoms with Crippen molar-refractivity contribution in [1.82, 2.24) is 5.32 Å². The maximum atomic E-state index is 12.0. The molecule has 27 heavy (non-hydrogen) atoms. The molecule has 1 aromatic rings. The van der Waals surface area contributed by atoms with Gasteiger partial charge in [-0.05, 0) is 32.3 Å². The van der Waals surface area contributed by atoms with E-state index in [4.69, 9.17) is 4.74 Å². The Labute approximate surface area is 160 Å². The van der Waals surface area contributed by atoms with Crippen LogP contribution in [0.1, 0.15) is 39.2 Å². The van der Waals surface area contributed by atoms with Gasteiger partial charge in [0.25, 0.3) is 0 Å². The van der Waals surface area contributed by atoms with Crippen molar-refractivity contribution in [2.45, 2.75) is 57.1 Å². The van der Waals surface area contributed by atoms with Crippen LogP contribution in [0, 0.1) is 0 Å². The Morgan fingerprint density at radius 1 is 1.19 bits per heavy atom. The minimum absolute atomic E-state index is 0.0727. The van der Waals surface area contributed by atoms with Crippen molar-refractivity contribution in [3.63, 3.8) is 0 Å². The summed E-state index contributed by atoms with van der Waals surface area (Å²) in [5, 5.41) is 11.6. The lowest BCUT2D eigenvalue weighted by Gasteiger charge is -2.29. The van der Waals surface area contributed by atoms with E-state index in [0.29, 0.717) is 0 Å². The molecule has 0 saturated carbocycles. The highest BCUT2D eigenvalue weighted by Crippen LogP contribution is 2.18. The fourth-order valence-electron chi connectivity index (χ4n) is 2.52. The third-order valence-electron chi connectivity index (χ3n) is 3.72. The molecule has 0 saturated heterocycles. The maximum absolute atomic E-state index is 12.0. The molecule has 152 valence electrons. The Balaban J connectivity index is 2.55. The molecule has 1 amide bonds. The summed E-state index contributed by atoms with van der Waals surface area (Å²) >= 11 is 0. The van der Waals surface area contributed by atoms with E-state index in [1.165, 1.54) is 6.92 Å². The lowest BCUT2D eigenvalue weighted by Crippen LogP contribution is -2.46. The van der Waals surface area contributed by atoms with Gasteiger partial charge in [0, 0.05) is 12.5 Å². The zero-order valence-corrected chi connectivity index (χ0v) is 16.6. The topological polar surface area (TPSA) is 119 Å². The normalized spacial score (nSPS) is 13.7. The third-order valence-corrected chi connectivity index (χ3v) is 4.71. The highest BCUT2D eigenvalue weighted by molar-refractivity contribution is 7.73. The van der Waals surface area contributed by atoms with Gasteiger partial charge in [-0.3, -0.25) is 4.79 Å². The fraction of sp³-hybridized carbons (Fsp3) is 0.556. The summed E-state index contributed by atoms with van der Waals surface area (Å²) in [6.07, 6.45) is -1.80. The zero-order valence-electron chi connectivity index (χ0n) is 15.7. The van der Waals surface area contributed by atoms with Crippen molar-refractivity contribution in [2.24, 2.45) is 0 Å². The molecule has 0 spiro atoms. The predicted molar refractivity (Wildman–Crippen MR) is 99.8 cm³/mol. The van der Waals surface area contributed by atoms with Gasteiger partial charge in [-0.15, -0.1) is 0 Å². The minimum atomic E-state index is -2.85. The molecule has 2 atom stereocenters. The van der Waals surface area contributed by atoms with Crippen LogP contribution in [-0.2, 0) is 31.6 Å². The van der Waals surface area contributed by atoms with Gasteiger partial charge in [0.1, 0.15) is 23.9 Å². The molecule has 0 radical (unpaired) electrons. The SMILES string of the molecule is CC(=O)OCC(O)CC(CC(C)(C)NC(=O)OCc1ccccc1)[SH](=O)=O. The van der Waals surface area contributed by atoms with Gasteiger partial charge in [0.2, 0.25) is 0 Å². The number of amides is 1. The predicted octanol–water partition coefficient (Wildman–Crippen LogP) is 1.38. The molecule has 0 fully saturated rings.